The minimum Gasteiger partial charge on any atom is -0.337 e. The minimum absolute atomic E-state index is 0.130. The number of halogens is 2. The van der Waals surface area contributed by atoms with E-state index in [1.807, 2.05) is 11.8 Å². The summed E-state index contributed by atoms with van der Waals surface area (Å²) in [7, 11) is 0. The lowest BCUT2D eigenvalue weighted by Crippen LogP contribution is -2.60. The van der Waals surface area contributed by atoms with E-state index in [1.165, 1.54) is 6.07 Å². The van der Waals surface area contributed by atoms with Gasteiger partial charge in [-0.3, -0.25) is 9.69 Å². The van der Waals surface area contributed by atoms with E-state index in [0.29, 0.717) is 24.4 Å². The van der Waals surface area contributed by atoms with Crippen molar-refractivity contribution in [3.63, 3.8) is 0 Å². The van der Waals surface area contributed by atoms with Crippen molar-refractivity contribution in [2.45, 2.75) is 50.6 Å². The van der Waals surface area contributed by atoms with Crippen LogP contribution >= 0.6 is 0 Å². The summed E-state index contributed by atoms with van der Waals surface area (Å²) in [6, 6.07) is 4.74. The summed E-state index contributed by atoms with van der Waals surface area (Å²) in [6.45, 7) is 4.54. The predicted octanol–water partition coefficient (Wildman–Crippen LogP) is 3.15. The zero-order valence-corrected chi connectivity index (χ0v) is 14.0. The third-order valence-corrected chi connectivity index (χ3v) is 6.16. The molecule has 24 heavy (non-hydrogen) atoms. The zero-order valence-electron chi connectivity index (χ0n) is 14.0. The fourth-order valence-electron chi connectivity index (χ4n) is 5.14. The van der Waals surface area contributed by atoms with E-state index in [2.05, 4.69) is 4.90 Å². The summed E-state index contributed by atoms with van der Waals surface area (Å²) in [5.74, 6) is -0.996. The molecule has 4 aliphatic heterocycles. The van der Waals surface area contributed by atoms with E-state index in [4.69, 9.17) is 0 Å². The monoisotopic (exact) mass is 334 g/mol. The van der Waals surface area contributed by atoms with Crippen molar-refractivity contribution >= 4 is 5.91 Å². The van der Waals surface area contributed by atoms with E-state index in [9.17, 15) is 13.6 Å². The molecule has 4 saturated heterocycles. The standard InChI is InChI=1S/C19H24F2N2O/c1-2-4-16(24)23-11-14(13-5-3-6-15(20)17(13)21)19-18(23)12-7-9-22(19)10-8-12/h3,5-6,12,14,18-19H,2,4,7-11H2,1H3/t14-,18+,19+/m0/s1. The van der Waals surface area contributed by atoms with Crippen LogP contribution in [0.4, 0.5) is 8.78 Å². The number of hydrogen-bond acceptors (Lipinski definition) is 2. The molecule has 3 nitrogen and oxygen atoms in total. The summed E-state index contributed by atoms with van der Waals surface area (Å²) in [6.07, 6.45) is 3.57. The van der Waals surface area contributed by atoms with Gasteiger partial charge in [-0.25, -0.2) is 8.78 Å². The van der Waals surface area contributed by atoms with Crippen LogP contribution < -0.4 is 0 Å². The Morgan fingerprint density at radius 1 is 1.21 bits per heavy atom. The van der Waals surface area contributed by atoms with Gasteiger partial charge in [-0.1, -0.05) is 19.1 Å². The fourth-order valence-corrected chi connectivity index (χ4v) is 5.14. The average molecular weight is 334 g/mol. The molecule has 5 heteroatoms. The number of piperidine rings is 3. The van der Waals surface area contributed by atoms with Crippen molar-refractivity contribution in [2.75, 3.05) is 19.6 Å². The molecule has 0 N–H and O–H groups in total. The van der Waals surface area contributed by atoms with Gasteiger partial charge in [-0.05, 0) is 49.9 Å². The van der Waals surface area contributed by atoms with Gasteiger partial charge in [-0.2, -0.15) is 0 Å². The van der Waals surface area contributed by atoms with Gasteiger partial charge in [0.05, 0.1) is 6.04 Å². The van der Waals surface area contributed by atoms with Crippen LogP contribution in [0.5, 0.6) is 0 Å². The number of carbonyl (C=O) groups excluding carboxylic acids is 1. The Morgan fingerprint density at radius 2 is 1.96 bits per heavy atom. The number of likely N-dealkylation sites (tertiary alicyclic amines) is 1. The van der Waals surface area contributed by atoms with Crippen LogP contribution in [0.1, 0.15) is 44.1 Å². The van der Waals surface area contributed by atoms with Crippen molar-refractivity contribution in [3.05, 3.63) is 35.4 Å². The Morgan fingerprint density at radius 3 is 2.67 bits per heavy atom. The number of nitrogens with zero attached hydrogens (tertiary/aromatic N) is 2. The first kappa shape index (κ1) is 16.0. The first-order valence-corrected chi connectivity index (χ1v) is 9.09. The number of benzene rings is 1. The maximum atomic E-state index is 14.4. The average Bonchev–Trinajstić information content (AvgIpc) is 3.01. The first-order valence-electron chi connectivity index (χ1n) is 9.09. The van der Waals surface area contributed by atoms with Gasteiger partial charge in [0.2, 0.25) is 5.91 Å². The fraction of sp³-hybridized carbons (Fsp3) is 0.632. The predicted molar refractivity (Wildman–Crippen MR) is 87.6 cm³/mol. The van der Waals surface area contributed by atoms with Gasteiger partial charge in [0.15, 0.2) is 11.6 Å². The quantitative estimate of drug-likeness (QED) is 0.848. The van der Waals surface area contributed by atoms with Crippen molar-refractivity contribution in [1.82, 2.24) is 9.80 Å². The highest BCUT2D eigenvalue weighted by molar-refractivity contribution is 5.77. The summed E-state index contributed by atoms with van der Waals surface area (Å²) in [5, 5.41) is 0. The van der Waals surface area contributed by atoms with Gasteiger partial charge in [0.1, 0.15) is 0 Å². The van der Waals surface area contributed by atoms with E-state index in [-0.39, 0.29) is 23.9 Å². The van der Waals surface area contributed by atoms with Crippen LogP contribution in [0.15, 0.2) is 18.2 Å². The molecule has 2 bridgehead atoms. The number of rotatable bonds is 3. The molecule has 4 fully saturated rings. The van der Waals surface area contributed by atoms with Crippen LogP contribution in [0.25, 0.3) is 0 Å². The van der Waals surface area contributed by atoms with E-state index in [1.54, 1.807) is 12.1 Å². The third kappa shape index (κ3) is 2.36. The van der Waals surface area contributed by atoms with Crippen LogP contribution in [0, 0.1) is 17.6 Å². The highest BCUT2D eigenvalue weighted by atomic mass is 19.2. The molecular weight excluding hydrogens is 310 g/mol. The van der Waals surface area contributed by atoms with Crippen LogP contribution in [-0.4, -0.2) is 47.4 Å². The maximum Gasteiger partial charge on any atom is 0.222 e. The molecular formula is C19H24F2N2O. The Kier molecular flexibility index (Phi) is 4.07. The highest BCUT2D eigenvalue weighted by Gasteiger charge is 2.54. The van der Waals surface area contributed by atoms with Gasteiger partial charge in [-0.15, -0.1) is 0 Å². The number of amides is 1. The number of hydrogen-bond donors (Lipinski definition) is 0. The Hall–Kier alpha value is -1.49. The summed E-state index contributed by atoms with van der Waals surface area (Å²) in [5.41, 5.74) is 0.435. The van der Waals surface area contributed by atoms with Crippen molar-refractivity contribution in [3.8, 4) is 0 Å². The lowest BCUT2D eigenvalue weighted by atomic mass is 9.75. The van der Waals surface area contributed by atoms with Crippen LogP contribution in [0.2, 0.25) is 0 Å². The smallest absolute Gasteiger partial charge is 0.222 e. The largest absolute Gasteiger partial charge is 0.337 e. The first-order chi connectivity index (χ1) is 11.6. The lowest BCUT2D eigenvalue weighted by Gasteiger charge is -2.51. The molecule has 4 aliphatic rings. The topological polar surface area (TPSA) is 23.6 Å². The van der Waals surface area contributed by atoms with Crippen LogP contribution in [-0.2, 0) is 4.79 Å². The second-order valence-electron chi connectivity index (χ2n) is 7.40. The minimum atomic E-state index is -0.793. The van der Waals surface area contributed by atoms with E-state index >= 15 is 0 Å². The van der Waals surface area contributed by atoms with Gasteiger partial charge < -0.3 is 4.90 Å². The molecule has 1 aromatic rings. The van der Waals surface area contributed by atoms with Gasteiger partial charge >= 0.3 is 0 Å². The molecule has 1 amide bonds. The molecule has 130 valence electrons. The summed E-state index contributed by atoms with van der Waals surface area (Å²) >= 11 is 0. The molecule has 1 aromatic carbocycles. The number of fused-ring (bicyclic) bond motifs is 2. The van der Waals surface area contributed by atoms with Crippen molar-refractivity contribution in [1.29, 1.82) is 0 Å². The molecule has 0 unspecified atom stereocenters. The Labute approximate surface area is 141 Å². The Bertz CT molecular complexity index is 642. The third-order valence-electron chi connectivity index (χ3n) is 6.16. The van der Waals surface area contributed by atoms with E-state index in [0.717, 1.165) is 32.4 Å². The van der Waals surface area contributed by atoms with Gasteiger partial charge in [0, 0.05) is 24.9 Å². The molecule has 0 spiro atoms. The number of carbonyl (C=O) groups is 1. The molecule has 0 saturated carbocycles. The SMILES string of the molecule is CCCC(=O)N1C[C@@H](c2cccc(F)c2F)[C@@H]2[C@H]1C1CCN2CC1. The maximum absolute atomic E-state index is 14.4. The summed E-state index contributed by atoms with van der Waals surface area (Å²) < 4.78 is 28.2. The lowest BCUT2D eigenvalue weighted by molar-refractivity contribution is -0.136. The molecule has 5 rings (SSSR count). The van der Waals surface area contributed by atoms with Crippen LogP contribution in [0.3, 0.4) is 0 Å². The van der Waals surface area contributed by atoms with Crippen molar-refractivity contribution < 1.29 is 13.6 Å². The van der Waals surface area contributed by atoms with Crippen molar-refractivity contribution in [2.24, 2.45) is 5.92 Å². The second kappa shape index (κ2) is 6.10. The van der Waals surface area contributed by atoms with E-state index < -0.39 is 11.6 Å². The summed E-state index contributed by atoms with van der Waals surface area (Å²) in [4.78, 5) is 17.0. The molecule has 0 aliphatic carbocycles. The highest BCUT2D eigenvalue weighted by Crippen LogP contribution is 2.47. The normalized spacial score (nSPS) is 34.5. The molecule has 4 heterocycles. The zero-order chi connectivity index (χ0) is 16.8. The second-order valence-corrected chi connectivity index (χ2v) is 7.40. The van der Waals surface area contributed by atoms with Gasteiger partial charge in [0.25, 0.3) is 0 Å². The molecule has 0 radical (unpaired) electrons. The molecule has 0 aromatic heterocycles. The molecule has 3 atom stereocenters. The Balaban J connectivity index is 1.72.